The number of halogens is 1. The number of hydrogen-bond acceptors (Lipinski definition) is 5. The van der Waals surface area contributed by atoms with Gasteiger partial charge in [0.1, 0.15) is 5.82 Å². The van der Waals surface area contributed by atoms with E-state index in [-0.39, 0.29) is 5.57 Å². The Morgan fingerprint density at radius 2 is 1.76 bits per heavy atom. The van der Waals surface area contributed by atoms with Gasteiger partial charge in [-0.05, 0) is 43.7 Å². The quantitative estimate of drug-likeness (QED) is 0.636. The maximum atomic E-state index is 13.4. The predicted octanol–water partition coefficient (Wildman–Crippen LogP) is 4.68. The maximum absolute atomic E-state index is 13.4. The van der Waals surface area contributed by atoms with Crippen molar-refractivity contribution in [1.29, 1.82) is 0 Å². The summed E-state index contributed by atoms with van der Waals surface area (Å²) in [5.41, 5.74) is 1.60. The van der Waals surface area contributed by atoms with E-state index in [1.54, 1.807) is 38.1 Å². The van der Waals surface area contributed by atoms with Crippen LogP contribution in [0.3, 0.4) is 0 Å². The molecule has 1 unspecified atom stereocenters. The number of aliphatic hydroxyl groups is 1. The van der Waals surface area contributed by atoms with Crippen LogP contribution in [0.4, 0.5) is 10.1 Å². The second-order valence-electron chi connectivity index (χ2n) is 6.70. The Hall–Kier alpha value is -3.32. The first kappa shape index (κ1) is 19.0. The number of carbonyl (C=O) groups is 2. The molecule has 7 heteroatoms. The summed E-state index contributed by atoms with van der Waals surface area (Å²) in [5, 5.41) is 11.4. The van der Waals surface area contributed by atoms with E-state index in [0.29, 0.717) is 21.8 Å². The molecule has 2 aromatic carbocycles. The smallest absolute Gasteiger partial charge is 0.294 e. The van der Waals surface area contributed by atoms with Crippen LogP contribution >= 0.6 is 11.3 Å². The Bertz CT molecular complexity index is 1140. The lowest BCUT2D eigenvalue weighted by Crippen LogP contribution is -2.31. The van der Waals surface area contributed by atoms with Gasteiger partial charge in [-0.25, -0.2) is 9.37 Å². The summed E-state index contributed by atoms with van der Waals surface area (Å²) in [6, 6.07) is 13.5. The molecule has 146 valence electrons. The molecule has 3 aromatic rings. The summed E-state index contributed by atoms with van der Waals surface area (Å²) in [4.78, 5) is 32.3. The van der Waals surface area contributed by atoms with Crippen LogP contribution in [0.2, 0.25) is 0 Å². The van der Waals surface area contributed by atoms with Crippen LogP contribution in [0.15, 0.2) is 65.9 Å². The normalized spacial score (nSPS) is 16.6. The highest BCUT2D eigenvalue weighted by atomic mass is 32.1. The van der Waals surface area contributed by atoms with Crippen molar-refractivity contribution in [3.8, 4) is 0 Å². The highest BCUT2D eigenvalue weighted by molar-refractivity contribution is 7.14. The Morgan fingerprint density at radius 3 is 2.34 bits per heavy atom. The molecule has 1 aromatic heterocycles. The molecule has 1 aliphatic rings. The van der Waals surface area contributed by atoms with Crippen LogP contribution in [0.5, 0.6) is 0 Å². The van der Waals surface area contributed by atoms with Crippen molar-refractivity contribution < 1.29 is 19.1 Å². The van der Waals surface area contributed by atoms with Crippen molar-refractivity contribution in [1.82, 2.24) is 4.98 Å². The molecule has 4 rings (SSSR count). The van der Waals surface area contributed by atoms with Gasteiger partial charge in [-0.2, -0.15) is 0 Å². The molecule has 0 fully saturated rings. The van der Waals surface area contributed by atoms with Gasteiger partial charge in [-0.3, -0.25) is 14.5 Å². The second kappa shape index (κ2) is 7.25. The standard InChI is InChI=1S/C22H17FN2O3S/c1-12-21(29-13(2)24-12)19(26)17-18(14-6-4-3-5-7-14)25(22(28)20(17)27)16-10-8-15(23)9-11-16/h3-11,18,27H,1-2H3. The predicted molar refractivity (Wildman–Crippen MR) is 109 cm³/mol. The lowest BCUT2D eigenvalue weighted by molar-refractivity contribution is -0.117. The zero-order valence-electron chi connectivity index (χ0n) is 15.7. The number of aromatic nitrogens is 1. The topological polar surface area (TPSA) is 70.5 Å². The molecule has 0 saturated carbocycles. The summed E-state index contributed by atoms with van der Waals surface area (Å²) < 4.78 is 13.4. The highest BCUT2D eigenvalue weighted by Crippen LogP contribution is 2.42. The van der Waals surface area contributed by atoms with Crippen LogP contribution in [0.1, 0.15) is 32.0 Å². The largest absolute Gasteiger partial charge is 0.503 e. The van der Waals surface area contributed by atoms with Crippen molar-refractivity contribution in [3.05, 3.63) is 92.9 Å². The van der Waals surface area contributed by atoms with Crippen LogP contribution < -0.4 is 4.90 Å². The van der Waals surface area contributed by atoms with Gasteiger partial charge in [0, 0.05) is 5.69 Å². The molecule has 29 heavy (non-hydrogen) atoms. The number of benzene rings is 2. The molecule has 0 spiro atoms. The van der Waals surface area contributed by atoms with E-state index in [4.69, 9.17) is 0 Å². The van der Waals surface area contributed by atoms with Crippen molar-refractivity contribution in [2.75, 3.05) is 4.90 Å². The zero-order chi connectivity index (χ0) is 20.7. The molecule has 0 radical (unpaired) electrons. The van der Waals surface area contributed by atoms with E-state index in [2.05, 4.69) is 4.98 Å². The number of carbonyl (C=O) groups excluding carboxylic acids is 2. The van der Waals surface area contributed by atoms with Crippen molar-refractivity contribution in [2.24, 2.45) is 0 Å². The molecule has 0 aliphatic carbocycles. The first-order valence-corrected chi connectivity index (χ1v) is 9.76. The minimum atomic E-state index is -0.830. The van der Waals surface area contributed by atoms with E-state index in [1.165, 1.54) is 40.5 Å². The Kier molecular flexibility index (Phi) is 4.76. The molecule has 0 bridgehead atoms. The third-order valence-corrected chi connectivity index (χ3v) is 5.85. The highest BCUT2D eigenvalue weighted by Gasteiger charge is 2.45. The number of aryl methyl sites for hydroxylation is 2. The molecular weight excluding hydrogens is 391 g/mol. The molecule has 2 heterocycles. The van der Waals surface area contributed by atoms with Gasteiger partial charge in [-0.15, -0.1) is 11.3 Å². The number of rotatable bonds is 4. The average Bonchev–Trinajstić information content (AvgIpc) is 3.19. The van der Waals surface area contributed by atoms with E-state index in [9.17, 15) is 19.1 Å². The van der Waals surface area contributed by atoms with Gasteiger partial charge < -0.3 is 5.11 Å². The summed E-state index contributed by atoms with van der Waals surface area (Å²) in [6.45, 7) is 3.52. The minimum absolute atomic E-state index is 0.00252. The van der Waals surface area contributed by atoms with E-state index in [0.717, 1.165) is 5.01 Å². The fourth-order valence-electron chi connectivity index (χ4n) is 3.52. The van der Waals surface area contributed by atoms with Crippen molar-refractivity contribution >= 4 is 28.7 Å². The average molecular weight is 408 g/mol. The van der Waals surface area contributed by atoms with Crippen LogP contribution in [0.25, 0.3) is 0 Å². The number of amides is 1. The Balaban J connectivity index is 1.88. The minimum Gasteiger partial charge on any atom is -0.503 e. The fraction of sp³-hybridized carbons (Fsp3) is 0.136. The number of hydrogen-bond donors (Lipinski definition) is 1. The Morgan fingerprint density at radius 1 is 1.10 bits per heavy atom. The molecule has 1 N–H and O–H groups in total. The zero-order valence-corrected chi connectivity index (χ0v) is 16.5. The SMILES string of the molecule is Cc1nc(C)c(C(=O)C2=C(O)C(=O)N(c3ccc(F)cc3)C2c2ccccc2)s1. The number of nitrogens with zero attached hydrogens (tertiary/aromatic N) is 2. The lowest BCUT2D eigenvalue weighted by Gasteiger charge is -2.26. The third kappa shape index (κ3) is 3.23. The van der Waals surface area contributed by atoms with E-state index >= 15 is 0 Å². The van der Waals surface area contributed by atoms with Crippen LogP contribution in [-0.2, 0) is 4.79 Å². The first-order chi connectivity index (χ1) is 13.9. The Labute approximate surface area is 170 Å². The van der Waals surface area contributed by atoms with Crippen LogP contribution in [0, 0.1) is 19.7 Å². The van der Waals surface area contributed by atoms with Crippen molar-refractivity contribution in [3.63, 3.8) is 0 Å². The van der Waals surface area contributed by atoms with Crippen molar-refractivity contribution in [2.45, 2.75) is 19.9 Å². The second-order valence-corrected chi connectivity index (χ2v) is 7.91. The number of thiazole rings is 1. The van der Waals surface area contributed by atoms with Gasteiger partial charge in [0.25, 0.3) is 5.91 Å². The summed E-state index contributed by atoms with van der Waals surface area (Å²) >= 11 is 1.22. The molecule has 1 atom stereocenters. The molecule has 1 aliphatic heterocycles. The number of Topliss-reactive ketones (excluding diaryl/α,β-unsaturated/α-hetero) is 1. The van der Waals surface area contributed by atoms with Gasteiger partial charge in [0.05, 0.1) is 27.2 Å². The van der Waals surface area contributed by atoms with E-state index in [1.807, 2.05) is 6.07 Å². The van der Waals surface area contributed by atoms with Gasteiger partial charge in [0.2, 0.25) is 5.78 Å². The van der Waals surface area contributed by atoms with E-state index < -0.39 is 29.3 Å². The first-order valence-electron chi connectivity index (χ1n) is 8.94. The van der Waals surface area contributed by atoms with Gasteiger partial charge >= 0.3 is 0 Å². The molecule has 1 amide bonds. The third-order valence-electron chi connectivity index (χ3n) is 4.78. The summed E-state index contributed by atoms with van der Waals surface area (Å²) in [6.07, 6.45) is 0. The van der Waals surface area contributed by atoms with Gasteiger partial charge in [0.15, 0.2) is 5.76 Å². The monoisotopic (exact) mass is 408 g/mol. The van der Waals surface area contributed by atoms with Gasteiger partial charge in [-0.1, -0.05) is 30.3 Å². The number of ketones is 1. The molecule has 0 saturated heterocycles. The fourth-order valence-corrected chi connectivity index (χ4v) is 4.39. The van der Waals surface area contributed by atoms with Crippen LogP contribution in [-0.4, -0.2) is 21.8 Å². The number of anilines is 1. The number of aliphatic hydroxyl groups excluding tert-OH is 1. The summed E-state index contributed by atoms with van der Waals surface area (Å²) in [5.74, 6) is -2.18. The molecule has 5 nitrogen and oxygen atoms in total. The molecular formula is C22H17FN2O3S. The lowest BCUT2D eigenvalue weighted by atomic mass is 9.95. The summed E-state index contributed by atoms with van der Waals surface area (Å²) in [7, 11) is 0. The maximum Gasteiger partial charge on any atom is 0.294 e.